The predicted molar refractivity (Wildman–Crippen MR) is 112 cm³/mol. The van der Waals surface area contributed by atoms with Crippen LogP contribution < -0.4 is 10.6 Å². The van der Waals surface area contributed by atoms with E-state index >= 15 is 0 Å². The Morgan fingerprint density at radius 2 is 2.10 bits per heavy atom. The van der Waals surface area contributed by atoms with Crippen LogP contribution in [-0.2, 0) is 33.9 Å². The molecule has 2 aliphatic heterocycles. The zero-order valence-corrected chi connectivity index (χ0v) is 17.9. The lowest BCUT2D eigenvalue weighted by Gasteiger charge is -2.29. The second-order valence-corrected chi connectivity index (χ2v) is 9.06. The highest BCUT2D eigenvalue weighted by molar-refractivity contribution is 7.14. The van der Waals surface area contributed by atoms with Gasteiger partial charge in [-0.15, -0.1) is 11.3 Å². The number of imide groups is 1. The number of carbonyl (C=O) groups is 4. The zero-order valence-electron chi connectivity index (χ0n) is 16.3. The number of amides is 4. The smallest absolute Gasteiger partial charge is 0.265 e. The Kier molecular flexibility index (Phi) is 5.62. The van der Waals surface area contributed by atoms with E-state index in [1.807, 2.05) is 31.2 Å². The van der Waals surface area contributed by atoms with E-state index in [0.29, 0.717) is 29.4 Å². The van der Waals surface area contributed by atoms with Gasteiger partial charge in [0.2, 0.25) is 17.7 Å². The van der Waals surface area contributed by atoms with E-state index in [1.165, 1.54) is 16.2 Å². The molecule has 1 unspecified atom stereocenters. The molecule has 1 fully saturated rings. The zero-order chi connectivity index (χ0) is 21.4. The highest BCUT2D eigenvalue weighted by Crippen LogP contribution is 2.33. The largest absolute Gasteiger partial charge is 0.351 e. The molecule has 2 aromatic rings. The molecule has 1 aromatic heterocycles. The molecule has 0 bridgehead atoms. The summed E-state index contributed by atoms with van der Waals surface area (Å²) >= 11 is 7.51. The third-order valence-corrected chi connectivity index (χ3v) is 6.78. The SMILES string of the molecule is Cc1ccc(CC(=O)NCc2cc3c(s2)C(=O)N(C2CCC(=O)NC2=O)C3)c(Cl)c1. The Morgan fingerprint density at radius 3 is 2.80 bits per heavy atom. The van der Waals surface area contributed by atoms with Gasteiger partial charge in [0, 0.05) is 22.9 Å². The third kappa shape index (κ3) is 4.11. The van der Waals surface area contributed by atoms with Crippen molar-refractivity contribution < 1.29 is 19.2 Å². The Morgan fingerprint density at radius 1 is 1.30 bits per heavy atom. The van der Waals surface area contributed by atoms with Crippen LogP contribution in [0.5, 0.6) is 0 Å². The summed E-state index contributed by atoms with van der Waals surface area (Å²) in [5.41, 5.74) is 2.65. The molecule has 4 amide bonds. The van der Waals surface area contributed by atoms with E-state index in [1.54, 1.807) is 0 Å². The second kappa shape index (κ2) is 8.20. The van der Waals surface area contributed by atoms with Crippen molar-refractivity contribution in [3.63, 3.8) is 0 Å². The van der Waals surface area contributed by atoms with Gasteiger partial charge in [-0.05, 0) is 42.2 Å². The standard InChI is InChI=1S/C21H20ClN3O4S/c1-11-2-3-12(15(22)6-11)8-18(27)23-9-14-7-13-10-25(21(29)19(13)30-14)16-4-5-17(26)24-20(16)28/h2-3,6-7,16H,4-5,8-10H2,1H3,(H,23,27)(H,24,26,28). The fourth-order valence-corrected chi connectivity index (χ4v) is 5.07. The lowest BCUT2D eigenvalue weighted by Crippen LogP contribution is -2.52. The van der Waals surface area contributed by atoms with Gasteiger partial charge in [0.1, 0.15) is 6.04 Å². The van der Waals surface area contributed by atoms with Gasteiger partial charge in [-0.1, -0.05) is 23.7 Å². The molecule has 1 atom stereocenters. The van der Waals surface area contributed by atoms with Crippen molar-refractivity contribution in [1.82, 2.24) is 15.5 Å². The molecule has 0 spiro atoms. The fraction of sp³-hybridized carbons (Fsp3) is 0.333. The van der Waals surface area contributed by atoms with Crippen LogP contribution in [0, 0.1) is 6.92 Å². The minimum Gasteiger partial charge on any atom is -0.351 e. The van der Waals surface area contributed by atoms with Gasteiger partial charge in [0.15, 0.2) is 0 Å². The van der Waals surface area contributed by atoms with Crippen molar-refractivity contribution in [1.29, 1.82) is 0 Å². The lowest BCUT2D eigenvalue weighted by atomic mass is 10.0. The predicted octanol–water partition coefficient (Wildman–Crippen LogP) is 2.33. The van der Waals surface area contributed by atoms with Gasteiger partial charge >= 0.3 is 0 Å². The number of aryl methyl sites for hydroxylation is 1. The number of hydrogen-bond acceptors (Lipinski definition) is 5. The molecule has 2 aliphatic rings. The number of benzene rings is 1. The maximum absolute atomic E-state index is 12.8. The normalized spacial score (nSPS) is 18.4. The first-order chi connectivity index (χ1) is 14.3. The Hall–Kier alpha value is -2.71. The van der Waals surface area contributed by atoms with Crippen LogP contribution in [0.1, 0.15) is 44.1 Å². The van der Waals surface area contributed by atoms with Crippen LogP contribution in [0.3, 0.4) is 0 Å². The van der Waals surface area contributed by atoms with E-state index in [-0.39, 0.29) is 30.6 Å². The molecular formula is C21H20ClN3O4S. The number of hydrogen-bond donors (Lipinski definition) is 2. The quantitative estimate of drug-likeness (QED) is 0.690. The van der Waals surface area contributed by atoms with E-state index in [0.717, 1.165) is 21.6 Å². The Labute approximate surface area is 182 Å². The number of fused-ring (bicyclic) bond motifs is 1. The summed E-state index contributed by atoms with van der Waals surface area (Å²) in [5.74, 6) is -1.07. The summed E-state index contributed by atoms with van der Waals surface area (Å²) in [4.78, 5) is 51.4. The van der Waals surface area contributed by atoms with Crippen LogP contribution in [0.15, 0.2) is 24.3 Å². The first-order valence-corrected chi connectivity index (χ1v) is 10.8. The first-order valence-electron chi connectivity index (χ1n) is 9.60. The molecule has 0 saturated carbocycles. The summed E-state index contributed by atoms with van der Waals surface area (Å²) in [7, 11) is 0. The molecule has 1 aromatic carbocycles. The number of halogens is 1. The van der Waals surface area contributed by atoms with Gasteiger partial charge in [-0.3, -0.25) is 24.5 Å². The summed E-state index contributed by atoms with van der Waals surface area (Å²) in [6, 6.07) is 6.87. The van der Waals surface area contributed by atoms with E-state index < -0.39 is 11.9 Å². The van der Waals surface area contributed by atoms with Gasteiger partial charge in [-0.25, -0.2) is 0 Å². The van der Waals surface area contributed by atoms with Gasteiger partial charge < -0.3 is 10.2 Å². The number of carbonyl (C=O) groups excluding carboxylic acids is 4. The number of nitrogens with zero attached hydrogens (tertiary/aromatic N) is 1. The molecule has 9 heteroatoms. The number of piperidine rings is 1. The molecular weight excluding hydrogens is 426 g/mol. The summed E-state index contributed by atoms with van der Waals surface area (Å²) in [6.07, 6.45) is 0.762. The number of nitrogens with one attached hydrogen (secondary N) is 2. The molecule has 3 heterocycles. The van der Waals surface area contributed by atoms with E-state index in [2.05, 4.69) is 10.6 Å². The third-order valence-electron chi connectivity index (χ3n) is 5.26. The lowest BCUT2D eigenvalue weighted by molar-refractivity contribution is -0.137. The summed E-state index contributed by atoms with van der Waals surface area (Å²) < 4.78 is 0. The first kappa shape index (κ1) is 20.6. The van der Waals surface area contributed by atoms with Crippen molar-refractivity contribution in [3.05, 3.63) is 55.7 Å². The molecule has 2 N–H and O–H groups in total. The molecule has 4 rings (SSSR count). The highest BCUT2D eigenvalue weighted by atomic mass is 35.5. The molecule has 156 valence electrons. The maximum Gasteiger partial charge on any atom is 0.265 e. The molecule has 30 heavy (non-hydrogen) atoms. The highest BCUT2D eigenvalue weighted by Gasteiger charge is 2.40. The van der Waals surface area contributed by atoms with Crippen LogP contribution in [-0.4, -0.2) is 34.6 Å². The molecule has 0 radical (unpaired) electrons. The Balaban J connectivity index is 1.35. The molecule has 0 aliphatic carbocycles. The average Bonchev–Trinajstić information content (AvgIpc) is 3.22. The van der Waals surface area contributed by atoms with Crippen molar-refractivity contribution >= 4 is 46.6 Å². The molecule has 7 nitrogen and oxygen atoms in total. The number of thiophene rings is 1. The average molecular weight is 446 g/mol. The van der Waals surface area contributed by atoms with Crippen molar-refractivity contribution in [2.75, 3.05) is 0 Å². The summed E-state index contributed by atoms with van der Waals surface area (Å²) in [6.45, 7) is 2.60. The van der Waals surface area contributed by atoms with Gasteiger partial charge in [-0.2, -0.15) is 0 Å². The van der Waals surface area contributed by atoms with Crippen LogP contribution in [0.4, 0.5) is 0 Å². The van der Waals surface area contributed by atoms with Crippen LogP contribution in [0.25, 0.3) is 0 Å². The summed E-state index contributed by atoms with van der Waals surface area (Å²) in [5, 5.41) is 5.73. The molecule has 1 saturated heterocycles. The van der Waals surface area contributed by atoms with Gasteiger partial charge in [0.05, 0.1) is 17.8 Å². The van der Waals surface area contributed by atoms with Crippen LogP contribution >= 0.6 is 22.9 Å². The van der Waals surface area contributed by atoms with Crippen molar-refractivity contribution in [2.45, 2.75) is 45.3 Å². The minimum absolute atomic E-state index is 0.147. The number of rotatable bonds is 5. The van der Waals surface area contributed by atoms with Crippen molar-refractivity contribution in [3.8, 4) is 0 Å². The Bertz CT molecular complexity index is 1060. The van der Waals surface area contributed by atoms with Crippen molar-refractivity contribution in [2.24, 2.45) is 0 Å². The second-order valence-electron chi connectivity index (χ2n) is 7.52. The monoisotopic (exact) mass is 445 g/mol. The van der Waals surface area contributed by atoms with E-state index in [4.69, 9.17) is 11.6 Å². The topological polar surface area (TPSA) is 95.6 Å². The van der Waals surface area contributed by atoms with E-state index in [9.17, 15) is 19.2 Å². The van der Waals surface area contributed by atoms with Crippen LogP contribution in [0.2, 0.25) is 5.02 Å². The maximum atomic E-state index is 12.8. The minimum atomic E-state index is -0.614. The fourth-order valence-electron chi connectivity index (χ4n) is 3.71. The van der Waals surface area contributed by atoms with Gasteiger partial charge in [0.25, 0.3) is 5.91 Å².